The summed E-state index contributed by atoms with van der Waals surface area (Å²) >= 11 is 0. The number of pyridine rings is 1. The third-order valence-electron chi connectivity index (χ3n) is 3.62. The first-order chi connectivity index (χ1) is 11.2. The van der Waals surface area contributed by atoms with E-state index < -0.39 is 0 Å². The van der Waals surface area contributed by atoms with Crippen molar-refractivity contribution < 1.29 is 9.13 Å². The number of rotatable bonds is 7. The molecule has 128 valence electrons. The SMILES string of the molecule is CCNC(=NCCOCC)NC1CCN(c2ncccc2F)C1. The minimum Gasteiger partial charge on any atom is -0.380 e. The summed E-state index contributed by atoms with van der Waals surface area (Å²) in [5.41, 5.74) is 0. The van der Waals surface area contributed by atoms with Crippen LogP contribution in [0.4, 0.5) is 10.2 Å². The largest absolute Gasteiger partial charge is 0.380 e. The van der Waals surface area contributed by atoms with E-state index in [9.17, 15) is 4.39 Å². The number of nitrogens with zero attached hydrogens (tertiary/aromatic N) is 3. The summed E-state index contributed by atoms with van der Waals surface area (Å²) in [6, 6.07) is 3.28. The zero-order chi connectivity index (χ0) is 16.5. The van der Waals surface area contributed by atoms with E-state index in [4.69, 9.17) is 4.74 Å². The molecule has 23 heavy (non-hydrogen) atoms. The van der Waals surface area contributed by atoms with Gasteiger partial charge in [0.25, 0.3) is 0 Å². The molecule has 1 fully saturated rings. The molecule has 2 rings (SSSR count). The van der Waals surface area contributed by atoms with E-state index in [0.717, 1.165) is 25.5 Å². The standard InChI is InChI=1S/C16H26FN5O/c1-3-18-16(20-9-11-23-4-2)21-13-7-10-22(12-13)15-14(17)6-5-8-19-15/h5-6,8,13H,3-4,7,9-12H2,1-2H3,(H2,18,20,21). The van der Waals surface area contributed by atoms with Crippen LogP contribution in [0.5, 0.6) is 0 Å². The molecule has 0 saturated carbocycles. The Morgan fingerprint density at radius 3 is 3.13 bits per heavy atom. The lowest BCUT2D eigenvalue weighted by Crippen LogP contribution is -2.44. The van der Waals surface area contributed by atoms with Gasteiger partial charge in [-0.1, -0.05) is 0 Å². The van der Waals surface area contributed by atoms with Gasteiger partial charge < -0.3 is 20.3 Å². The van der Waals surface area contributed by atoms with Crippen molar-refractivity contribution in [3.8, 4) is 0 Å². The highest BCUT2D eigenvalue weighted by Gasteiger charge is 2.25. The fraction of sp³-hybridized carbons (Fsp3) is 0.625. The second-order valence-electron chi connectivity index (χ2n) is 5.34. The molecule has 6 nitrogen and oxygen atoms in total. The number of nitrogens with one attached hydrogen (secondary N) is 2. The summed E-state index contributed by atoms with van der Waals surface area (Å²) < 4.78 is 19.1. The molecule has 0 bridgehead atoms. The first-order valence-electron chi connectivity index (χ1n) is 8.22. The van der Waals surface area contributed by atoms with Gasteiger partial charge in [0.2, 0.25) is 0 Å². The van der Waals surface area contributed by atoms with Crippen LogP contribution >= 0.6 is 0 Å². The fourth-order valence-electron chi connectivity index (χ4n) is 2.56. The van der Waals surface area contributed by atoms with Gasteiger partial charge in [-0.3, -0.25) is 4.99 Å². The number of ether oxygens (including phenoxy) is 1. The first-order valence-corrected chi connectivity index (χ1v) is 8.22. The zero-order valence-corrected chi connectivity index (χ0v) is 13.9. The molecule has 2 heterocycles. The number of aromatic nitrogens is 1. The van der Waals surface area contributed by atoms with Gasteiger partial charge in [-0.2, -0.15) is 0 Å². The quantitative estimate of drug-likeness (QED) is 0.451. The van der Waals surface area contributed by atoms with Crippen molar-refractivity contribution >= 4 is 11.8 Å². The van der Waals surface area contributed by atoms with Crippen molar-refractivity contribution in [3.05, 3.63) is 24.1 Å². The molecule has 0 amide bonds. The Balaban J connectivity index is 1.88. The molecule has 2 N–H and O–H groups in total. The normalized spacial score (nSPS) is 18.3. The number of halogens is 1. The van der Waals surface area contributed by atoms with Crippen molar-refractivity contribution in [2.75, 3.05) is 44.3 Å². The fourth-order valence-corrected chi connectivity index (χ4v) is 2.56. The molecule has 1 saturated heterocycles. The van der Waals surface area contributed by atoms with Gasteiger partial charge in [0, 0.05) is 38.5 Å². The van der Waals surface area contributed by atoms with Gasteiger partial charge in [0.15, 0.2) is 17.6 Å². The maximum atomic E-state index is 13.8. The summed E-state index contributed by atoms with van der Waals surface area (Å²) in [6.45, 7) is 8.23. The maximum Gasteiger partial charge on any atom is 0.191 e. The lowest BCUT2D eigenvalue weighted by Gasteiger charge is -2.19. The molecule has 1 unspecified atom stereocenters. The summed E-state index contributed by atoms with van der Waals surface area (Å²) in [7, 11) is 0. The molecule has 1 aromatic rings. The Labute approximate surface area is 137 Å². The van der Waals surface area contributed by atoms with Crippen LogP contribution in [-0.4, -0.2) is 56.4 Å². The predicted molar refractivity (Wildman–Crippen MR) is 90.4 cm³/mol. The van der Waals surface area contributed by atoms with Crippen LogP contribution in [0, 0.1) is 5.82 Å². The van der Waals surface area contributed by atoms with Crippen LogP contribution in [-0.2, 0) is 4.74 Å². The molecule has 7 heteroatoms. The zero-order valence-electron chi connectivity index (χ0n) is 13.9. The number of aliphatic imine (C=N–C) groups is 1. The van der Waals surface area contributed by atoms with E-state index in [0.29, 0.717) is 32.1 Å². The van der Waals surface area contributed by atoms with E-state index in [1.165, 1.54) is 6.07 Å². The van der Waals surface area contributed by atoms with Gasteiger partial charge in [-0.15, -0.1) is 0 Å². The van der Waals surface area contributed by atoms with Gasteiger partial charge in [0.1, 0.15) is 0 Å². The Kier molecular flexibility index (Phi) is 7.06. The Hall–Kier alpha value is -1.89. The van der Waals surface area contributed by atoms with Crippen LogP contribution in [0.1, 0.15) is 20.3 Å². The minimum absolute atomic E-state index is 0.223. The van der Waals surface area contributed by atoms with E-state index >= 15 is 0 Å². The molecule has 1 aliphatic heterocycles. The predicted octanol–water partition coefficient (Wildman–Crippen LogP) is 1.39. The molecule has 0 radical (unpaired) electrons. The van der Waals surface area contributed by atoms with E-state index in [-0.39, 0.29) is 11.9 Å². The molecule has 0 aromatic carbocycles. The number of guanidine groups is 1. The Morgan fingerprint density at radius 1 is 1.52 bits per heavy atom. The highest BCUT2D eigenvalue weighted by atomic mass is 19.1. The van der Waals surface area contributed by atoms with Gasteiger partial charge in [-0.05, 0) is 32.4 Å². The monoisotopic (exact) mass is 323 g/mol. The molecule has 1 atom stereocenters. The summed E-state index contributed by atoms with van der Waals surface area (Å²) in [6.07, 6.45) is 2.55. The van der Waals surface area contributed by atoms with Crippen molar-refractivity contribution in [2.24, 2.45) is 4.99 Å². The lowest BCUT2D eigenvalue weighted by atomic mass is 10.3. The van der Waals surface area contributed by atoms with E-state index in [2.05, 4.69) is 20.6 Å². The van der Waals surface area contributed by atoms with Gasteiger partial charge >= 0.3 is 0 Å². The average molecular weight is 323 g/mol. The first kappa shape index (κ1) is 17.5. The molecule has 1 aromatic heterocycles. The van der Waals surface area contributed by atoms with Crippen LogP contribution in [0.3, 0.4) is 0 Å². The summed E-state index contributed by atoms with van der Waals surface area (Å²) in [5, 5.41) is 6.63. The second-order valence-corrected chi connectivity index (χ2v) is 5.34. The Bertz CT molecular complexity index is 511. The third-order valence-corrected chi connectivity index (χ3v) is 3.62. The molecule has 0 aliphatic carbocycles. The van der Waals surface area contributed by atoms with Crippen LogP contribution in [0.2, 0.25) is 0 Å². The third kappa shape index (κ3) is 5.35. The topological polar surface area (TPSA) is 61.8 Å². The second kappa shape index (κ2) is 9.29. The van der Waals surface area contributed by atoms with E-state index in [1.807, 2.05) is 18.7 Å². The number of hydrogen-bond acceptors (Lipinski definition) is 4. The lowest BCUT2D eigenvalue weighted by molar-refractivity contribution is 0.155. The van der Waals surface area contributed by atoms with Gasteiger partial charge in [0.05, 0.1) is 13.2 Å². The highest BCUT2D eigenvalue weighted by Crippen LogP contribution is 2.20. The molecular formula is C16H26FN5O. The van der Waals surface area contributed by atoms with Crippen LogP contribution in [0.25, 0.3) is 0 Å². The van der Waals surface area contributed by atoms with Crippen molar-refractivity contribution in [2.45, 2.75) is 26.3 Å². The molecule has 0 spiro atoms. The smallest absolute Gasteiger partial charge is 0.191 e. The number of hydrogen-bond donors (Lipinski definition) is 2. The van der Waals surface area contributed by atoms with E-state index in [1.54, 1.807) is 12.3 Å². The van der Waals surface area contributed by atoms with Crippen LogP contribution < -0.4 is 15.5 Å². The average Bonchev–Trinajstić information content (AvgIpc) is 3.00. The Morgan fingerprint density at radius 2 is 2.39 bits per heavy atom. The summed E-state index contributed by atoms with van der Waals surface area (Å²) in [5.74, 6) is 0.932. The highest BCUT2D eigenvalue weighted by molar-refractivity contribution is 5.80. The van der Waals surface area contributed by atoms with Crippen molar-refractivity contribution in [3.63, 3.8) is 0 Å². The molecule has 1 aliphatic rings. The van der Waals surface area contributed by atoms with Crippen molar-refractivity contribution in [1.82, 2.24) is 15.6 Å². The minimum atomic E-state index is -0.273. The number of anilines is 1. The summed E-state index contributed by atoms with van der Waals surface area (Å²) in [4.78, 5) is 10.6. The van der Waals surface area contributed by atoms with Crippen LogP contribution in [0.15, 0.2) is 23.3 Å². The maximum absolute atomic E-state index is 13.8. The van der Waals surface area contributed by atoms with Crippen molar-refractivity contribution in [1.29, 1.82) is 0 Å². The van der Waals surface area contributed by atoms with Gasteiger partial charge in [-0.25, -0.2) is 9.37 Å². The molecular weight excluding hydrogens is 297 g/mol.